The largest absolute Gasteiger partial charge is 0.341 e. The van der Waals surface area contributed by atoms with E-state index in [0.717, 1.165) is 0 Å². The quantitative estimate of drug-likeness (QED) is 0.903. The van der Waals surface area contributed by atoms with Gasteiger partial charge in [-0.05, 0) is 26.8 Å². The van der Waals surface area contributed by atoms with Crippen LogP contribution in [0.1, 0.15) is 49.2 Å². The van der Waals surface area contributed by atoms with E-state index in [-0.39, 0.29) is 18.0 Å². The average Bonchev–Trinajstić information content (AvgIpc) is 2.96. The molecule has 6 nitrogen and oxygen atoms in total. The molecule has 0 aliphatic rings. The van der Waals surface area contributed by atoms with Gasteiger partial charge < -0.3 is 9.88 Å². The summed E-state index contributed by atoms with van der Waals surface area (Å²) in [5.74, 6) is 0.423. The van der Waals surface area contributed by atoms with Gasteiger partial charge in [0.2, 0.25) is 0 Å². The third-order valence-electron chi connectivity index (χ3n) is 2.80. The van der Waals surface area contributed by atoms with Gasteiger partial charge >= 0.3 is 0 Å². The van der Waals surface area contributed by atoms with Crippen LogP contribution in [0.25, 0.3) is 0 Å². The van der Waals surface area contributed by atoms with E-state index in [2.05, 4.69) is 20.5 Å². The summed E-state index contributed by atoms with van der Waals surface area (Å²) in [7, 11) is 0. The van der Waals surface area contributed by atoms with Crippen LogP contribution in [0.3, 0.4) is 0 Å². The lowest BCUT2D eigenvalue weighted by Gasteiger charge is -2.15. The van der Waals surface area contributed by atoms with Crippen LogP contribution < -0.4 is 5.32 Å². The first-order valence-electron chi connectivity index (χ1n) is 6.02. The number of rotatable bonds is 4. The van der Waals surface area contributed by atoms with E-state index < -0.39 is 0 Å². The van der Waals surface area contributed by atoms with Gasteiger partial charge in [0.1, 0.15) is 17.8 Å². The molecule has 0 fully saturated rings. The number of amides is 1. The van der Waals surface area contributed by atoms with Crippen molar-refractivity contribution in [2.45, 2.75) is 32.9 Å². The van der Waals surface area contributed by atoms with Crippen molar-refractivity contribution in [2.24, 2.45) is 0 Å². The molecule has 2 heterocycles. The van der Waals surface area contributed by atoms with Crippen molar-refractivity contribution in [3.8, 4) is 0 Å². The van der Waals surface area contributed by atoms with Gasteiger partial charge in [-0.25, -0.2) is 4.98 Å². The summed E-state index contributed by atoms with van der Waals surface area (Å²) in [5.41, 5.74) is 0.534. The molecule has 2 N–H and O–H groups in total. The van der Waals surface area contributed by atoms with Crippen molar-refractivity contribution in [1.82, 2.24) is 25.1 Å². The highest BCUT2D eigenvalue weighted by Gasteiger charge is 2.18. The molecule has 0 radical (unpaired) electrons. The van der Waals surface area contributed by atoms with Gasteiger partial charge in [0, 0.05) is 12.2 Å². The molecule has 0 bridgehead atoms. The highest BCUT2D eigenvalue weighted by molar-refractivity contribution is 6.31. The van der Waals surface area contributed by atoms with E-state index in [1.165, 1.54) is 6.33 Å². The first-order valence-corrected chi connectivity index (χ1v) is 6.40. The zero-order valence-electron chi connectivity index (χ0n) is 11.0. The first kappa shape index (κ1) is 13.6. The number of aromatic amines is 1. The summed E-state index contributed by atoms with van der Waals surface area (Å²) in [5, 5.41) is 9.89. The number of carbonyl (C=O) groups is 1. The molecular weight excluding hydrogens is 266 g/mol. The number of aromatic nitrogens is 4. The van der Waals surface area contributed by atoms with E-state index in [4.69, 9.17) is 11.6 Å². The lowest BCUT2D eigenvalue weighted by atomic mass is 10.3. The second-order valence-electron chi connectivity index (χ2n) is 4.61. The van der Waals surface area contributed by atoms with Gasteiger partial charge in [0.05, 0.1) is 11.1 Å². The van der Waals surface area contributed by atoms with E-state index in [1.54, 1.807) is 12.3 Å². The topological polar surface area (TPSA) is 75.6 Å². The second kappa shape index (κ2) is 5.44. The third-order valence-corrected chi connectivity index (χ3v) is 3.00. The van der Waals surface area contributed by atoms with Gasteiger partial charge in [0.25, 0.3) is 5.91 Å². The number of halogens is 1. The van der Waals surface area contributed by atoms with E-state index in [0.29, 0.717) is 16.5 Å². The van der Waals surface area contributed by atoms with Crippen LogP contribution >= 0.6 is 11.6 Å². The molecule has 0 spiro atoms. The molecule has 1 atom stereocenters. The number of nitrogens with one attached hydrogen (secondary N) is 2. The van der Waals surface area contributed by atoms with Crippen LogP contribution in [0.4, 0.5) is 0 Å². The van der Waals surface area contributed by atoms with Crippen LogP contribution in [-0.2, 0) is 0 Å². The molecule has 0 aliphatic carbocycles. The van der Waals surface area contributed by atoms with Gasteiger partial charge in [-0.15, -0.1) is 0 Å². The summed E-state index contributed by atoms with van der Waals surface area (Å²) in [4.78, 5) is 16.2. The maximum atomic E-state index is 12.2. The molecule has 0 aromatic carbocycles. The molecule has 1 unspecified atom stereocenters. The maximum absolute atomic E-state index is 12.2. The highest BCUT2D eigenvalue weighted by atomic mass is 35.5. The molecule has 0 saturated heterocycles. The fraction of sp³-hybridized carbons (Fsp3) is 0.417. The zero-order chi connectivity index (χ0) is 14.0. The molecule has 102 valence electrons. The summed E-state index contributed by atoms with van der Waals surface area (Å²) >= 11 is 5.96. The lowest BCUT2D eigenvalue weighted by molar-refractivity contribution is 0.0927. The SMILES string of the molecule is CC(NC(=O)c1cc(Cl)cn1C(C)C)c1ncn[nH]1. The molecule has 0 aliphatic heterocycles. The Morgan fingerprint density at radius 2 is 2.21 bits per heavy atom. The van der Waals surface area contributed by atoms with Crippen molar-refractivity contribution in [1.29, 1.82) is 0 Å². The Kier molecular flexibility index (Phi) is 3.90. The minimum Gasteiger partial charge on any atom is -0.341 e. The standard InChI is InChI=1S/C12H16ClN5O/c1-7(2)18-5-9(13)4-10(18)12(19)16-8(3)11-14-6-15-17-11/h4-8H,1-3H3,(H,16,19)(H,14,15,17). The number of H-pyrrole nitrogens is 1. The smallest absolute Gasteiger partial charge is 0.268 e. The average molecular weight is 282 g/mol. The van der Waals surface area contributed by atoms with E-state index in [9.17, 15) is 4.79 Å². The Balaban J connectivity index is 2.16. The third kappa shape index (κ3) is 2.96. The molecule has 2 aromatic rings. The zero-order valence-corrected chi connectivity index (χ0v) is 11.8. The predicted molar refractivity (Wildman–Crippen MR) is 72.1 cm³/mol. The van der Waals surface area contributed by atoms with Crippen LogP contribution in [-0.4, -0.2) is 25.7 Å². The summed E-state index contributed by atoms with van der Waals surface area (Å²) in [6, 6.07) is 1.57. The van der Waals surface area contributed by atoms with Crippen LogP contribution in [0.5, 0.6) is 0 Å². The summed E-state index contributed by atoms with van der Waals surface area (Å²) < 4.78 is 1.84. The molecule has 0 saturated carbocycles. The first-order chi connectivity index (χ1) is 8.99. The normalized spacial score (nSPS) is 12.7. The Morgan fingerprint density at radius 3 is 2.79 bits per heavy atom. The Labute approximate surface area is 116 Å². The van der Waals surface area contributed by atoms with Gasteiger partial charge in [0.15, 0.2) is 0 Å². The predicted octanol–water partition coefficient (Wildman–Crippen LogP) is 2.33. The summed E-state index contributed by atoms with van der Waals surface area (Å²) in [6.07, 6.45) is 3.16. The Hall–Kier alpha value is -1.82. The van der Waals surface area contributed by atoms with Crippen molar-refractivity contribution in [3.05, 3.63) is 35.1 Å². The molecule has 19 heavy (non-hydrogen) atoms. The van der Waals surface area contributed by atoms with Crippen molar-refractivity contribution >= 4 is 17.5 Å². The minimum absolute atomic E-state index is 0.161. The van der Waals surface area contributed by atoms with E-state index >= 15 is 0 Å². The Bertz CT molecular complexity index is 561. The maximum Gasteiger partial charge on any atom is 0.268 e. The molecule has 2 aromatic heterocycles. The number of hydrogen-bond donors (Lipinski definition) is 2. The summed E-state index contributed by atoms with van der Waals surface area (Å²) in [6.45, 7) is 5.82. The second-order valence-corrected chi connectivity index (χ2v) is 5.05. The Morgan fingerprint density at radius 1 is 1.47 bits per heavy atom. The fourth-order valence-corrected chi connectivity index (χ4v) is 2.03. The van der Waals surface area contributed by atoms with Gasteiger partial charge in [-0.1, -0.05) is 11.6 Å². The highest BCUT2D eigenvalue weighted by Crippen LogP contribution is 2.19. The van der Waals surface area contributed by atoms with Gasteiger partial charge in [-0.3, -0.25) is 9.89 Å². The van der Waals surface area contributed by atoms with Crippen molar-refractivity contribution < 1.29 is 4.79 Å². The molecule has 2 rings (SSSR count). The number of nitrogens with zero attached hydrogens (tertiary/aromatic N) is 3. The van der Waals surface area contributed by atoms with Gasteiger partial charge in [-0.2, -0.15) is 5.10 Å². The van der Waals surface area contributed by atoms with Crippen molar-refractivity contribution in [3.63, 3.8) is 0 Å². The monoisotopic (exact) mass is 281 g/mol. The minimum atomic E-state index is -0.246. The molecule has 7 heteroatoms. The number of hydrogen-bond acceptors (Lipinski definition) is 3. The molecular formula is C12H16ClN5O. The van der Waals surface area contributed by atoms with Crippen molar-refractivity contribution in [2.75, 3.05) is 0 Å². The fourth-order valence-electron chi connectivity index (χ4n) is 1.82. The number of carbonyl (C=O) groups excluding carboxylic acids is 1. The van der Waals surface area contributed by atoms with Crippen LogP contribution in [0.15, 0.2) is 18.6 Å². The van der Waals surface area contributed by atoms with Crippen LogP contribution in [0, 0.1) is 0 Å². The van der Waals surface area contributed by atoms with E-state index in [1.807, 2.05) is 25.3 Å². The lowest BCUT2D eigenvalue weighted by Crippen LogP contribution is -2.29. The van der Waals surface area contributed by atoms with Crippen LogP contribution in [0.2, 0.25) is 5.02 Å². The molecule has 1 amide bonds.